The first-order chi connectivity index (χ1) is 13.8. The largest absolute Gasteiger partial charge is 0.449 e. The minimum Gasteiger partial charge on any atom is -0.336 e. The lowest BCUT2D eigenvalue weighted by molar-refractivity contribution is -0.144. The summed E-state index contributed by atoms with van der Waals surface area (Å²) in [6.45, 7) is 5.56. The number of carbonyl (C=O) groups is 1. The number of alkyl halides is 3. The number of nitrogens with zero attached hydrogens (tertiary/aromatic N) is 3. The molecule has 1 aliphatic rings. The topological polar surface area (TPSA) is 52.2 Å². The number of aromatic amines is 1. The van der Waals surface area contributed by atoms with Crippen LogP contribution in [0.25, 0.3) is 11.0 Å². The summed E-state index contributed by atoms with van der Waals surface area (Å²) in [5.41, 5.74) is 3.22. The molecular formula is C21H21F3N4O. The maximum atomic E-state index is 12.8. The number of benzene rings is 2. The monoisotopic (exact) mass is 402 g/mol. The van der Waals surface area contributed by atoms with Gasteiger partial charge in [0.2, 0.25) is 5.82 Å². The fraction of sp³-hybridized carbons (Fsp3) is 0.333. The summed E-state index contributed by atoms with van der Waals surface area (Å²) in [6, 6.07) is 12.8. The highest BCUT2D eigenvalue weighted by Crippen LogP contribution is 2.29. The van der Waals surface area contributed by atoms with Gasteiger partial charge < -0.3 is 9.88 Å². The Morgan fingerprint density at radius 3 is 2.41 bits per heavy atom. The first-order valence-electron chi connectivity index (χ1n) is 9.44. The Hall–Kier alpha value is -2.87. The molecular weight excluding hydrogens is 381 g/mol. The highest BCUT2D eigenvalue weighted by molar-refractivity contribution is 5.97. The number of carbonyl (C=O) groups excluding carboxylic acids is 1. The van der Waals surface area contributed by atoms with Crippen molar-refractivity contribution in [1.29, 1.82) is 0 Å². The molecule has 0 spiro atoms. The van der Waals surface area contributed by atoms with E-state index in [0.717, 1.165) is 19.6 Å². The Bertz CT molecular complexity index is 1020. The number of hydrogen-bond donors (Lipinski definition) is 1. The molecule has 1 fully saturated rings. The average Bonchev–Trinajstić information content (AvgIpc) is 3.14. The number of imidazole rings is 1. The van der Waals surface area contributed by atoms with Crippen LogP contribution in [0.2, 0.25) is 0 Å². The Morgan fingerprint density at radius 2 is 1.76 bits per heavy atom. The highest BCUT2D eigenvalue weighted by atomic mass is 19.4. The highest BCUT2D eigenvalue weighted by Gasteiger charge is 2.34. The van der Waals surface area contributed by atoms with Crippen molar-refractivity contribution in [3.63, 3.8) is 0 Å². The van der Waals surface area contributed by atoms with Gasteiger partial charge in [0.1, 0.15) is 0 Å². The van der Waals surface area contributed by atoms with Crippen molar-refractivity contribution in [2.24, 2.45) is 0 Å². The van der Waals surface area contributed by atoms with E-state index in [0.29, 0.717) is 18.7 Å². The predicted octanol–water partition coefficient (Wildman–Crippen LogP) is 3.85. The van der Waals surface area contributed by atoms with Gasteiger partial charge in [-0.15, -0.1) is 0 Å². The van der Waals surface area contributed by atoms with E-state index in [-0.39, 0.29) is 16.9 Å². The van der Waals surface area contributed by atoms with Crippen molar-refractivity contribution >= 4 is 16.9 Å². The van der Waals surface area contributed by atoms with E-state index in [1.54, 1.807) is 4.90 Å². The average molecular weight is 402 g/mol. The Kier molecular flexibility index (Phi) is 5.04. The maximum Gasteiger partial charge on any atom is 0.449 e. The Labute approximate surface area is 166 Å². The molecule has 8 heteroatoms. The van der Waals surface area contributed by atoms with Crippen LogP contribution in [0.15, 0.2) is 42.5 Å². The number of aromatic nitrogens is 2. The number of fused-ring (bicyclic) bond motifs is 1. The Balaban J connectivity index is 1.40. The molecule has 29 heavy (non-hydrogen) atoms. The molecule has 0 saturated carbocycles. The zero-order valence-corrected chi connectivity index (χ0v) is 16.0. The molecule has 2 aromatic carbocycles. The van der Waals surface area contributed by atoms with Gasteiger partial charge in [-0.05, 0) is 30.7 Å². The van der Waals surface area contributed by atoms with Gasteiger partial charge in [0, 0.05) is 38.3 Å². The minimum absolute atomic E-state index is 0.176. The lowest BCUT2D eigenvalue weighted by atomic mass is 10.1. The molecule has 3 aromatic rings. The molecule has 0 bridgehead atoms. The minimum atomic E-state index is -4.54. The van der Waals surface area contributed by atoms with E-state index in [4.69, 9.17) is 0 Å². The van der Waals surface area contributed by atoms with Crippen LogP contribution in [0.3, 0.4) is 0 Å². The van der Waals surface area contributed by atoms with Crippen LogP contribution in [0.5, 0.6) is 0 Å². The van der Waals surface area contributed by atoms with Crippen molar-refractivity contribution < 1.29 is 18.0 Å². The molecule has 0 unspecified atom stereocenters. The molecule has 4 rings (SSSR count). The fourth-order valence-corrected chi connectivity index (χ4v) is 3.52. The summed E-state index contributed by atoms with van der Waals surface area (Å²) in [4.78, 5) is 22.6. The van der Waals surface area contributed by atoms with Crippen LogP contribution >= 0.6 is 0 Å². The SMILES string of the molecule is Cc1ccc(CN2CCN(C(=O)c3ccc4nc(C(F)(F)F)[nH]c4c3)CC2)cc1. The molecule has 0 aliphatic carbocycles. The van der Waals surface area contributed by atoms with Crippen LogP contribution in [-0.4, -0.2) is 51.9 Å². The first kappa shape index (κ1) is 19.4. The van der Waals surface area contributed by atoms with E-state index in [1.165, 1.54) is 29.3 Å². The third-order valence-electron chi connectivity index (χ3n) is 5.18. The van der Waals surface area contributed by atoms with E-state index in [2.05, 4.69) is 46.1 Å². The van der Waals surface area contributed by atoms with E-state index in [9.17, 15) is 18.0 Å². The van der Waals surface area contributed by atoms with Crippen molar-refractivity contribution in [2.45, 2.75) is 19.6 Å². The van der Waals surface area contributed by atoms with Crippen molar-refractivity contribution in [1.82, 2.24) is 19.8 Å². The van der Waals surface area contributed by atoms with Crippen molar-refractivity contribution in [3.8, 4) is 0 Å². The van der Waals surface area contributed by atoms with Gasteiger partial charge in [0.15, 0.2) is 0 Å². The smallest absolute Gasteiger partial charge is 0.336 e. The number of H-pyrrole nitrogens is 1. The second-order valence-electron chi connectivity index (χ2n) is 7.37. The molecule has 152 valence electrons. The van der Waals surface area contributed by atoms with Crippen LogP contribution < -0.4 is 0 Å². The molecule has 1 amide bonds. The molecule has 5 nitrogen and oxygen atoms in total. The standard InChI is InChI=1S/C21H21F3N4O/c1-14-2-4-15(5-3-14)13-27-8-10-28(11-9-27)19(29)16-6-7-17-18(12-16)26-20(25-17)21(22,23)24/h2-7,12H,8-11,13H2,1H3,(H,25,26). The lowest BCUT2D eigenvalue weighted by Crippen LogP contribution is -2.48. The molecule has 1 aromatic heterocycles. The van der Waals surface area contributed by atoms with Crippen LogP contribution in [0, 0.1) is 6.92 Å². The summed E-state index contributed by atoms with van der Waals surface area (Å²) in [5, 5.41) is 0. The summed E-state index contributed by atoms with van der Waals surface area (Å²) in [7, 11) is 0. The summed E-state index contributed by atoms with van der Waals surface area (Å²) >= 11 is 0. The zero-order valence-electron chi connectivity index (χ0n) is 16.0. The number of nitrogens with one attached hydrogen (secondary N) is 1. The van der Waals surface area contributed by atoms with Gasteiger partial charge in [0.05, 0.1) is 11.0 Å². The predicted molar refractivity (Wildman–Crippen MR) is 103 cm³/mol. The van der Waals surface area contributed by atoms with E-state index < -0.39 is 12.0 Å². The normalized spacial score (nSPS) is 15.8. The van der Waals surface area contributed by atoms with Gasteiger partial charge in [-0.2, -0.15) is 13.2 Å². The quantitative estimate of drug-likeness (QED) is 0.724. The molecule has 0 radical (unpaired) electrons. The molecule has 2 heterocycles. The Morgan fingerprint density at radius 1 is 1.07 bits per heavy atom. The van der Waals surface area contributed by atoms with Crippen LogP contribution in [0.1, 0.15) is 27.3 Å². The lowest BCUT2D eigenvalue weighted by Gasteiger charge is -2.34. The van der Waals surface area contributed by atoms with Crippen LogP contribution in [0.4, 0.5) is 13.2 Å². The third-order valence-corrected chi connectivity index (χ3v) is 5.18. The molecule has 1 aliphatic heterocycles. The number of halogens is 3. The number of hydrogen-bond acceptors (Lipinski definition) is 3. The molecule has 1 saturated heterocycles. The zero-order chi connectivity index (χ0) is 20.6. The first-order valence-corrected chi connectivity index (χ1v) is 9.44. The number of piperazine rings is 1. The van der Waals surface area contributed by atoms with Crippen molar-refractivity contribution in [2.75, 3.05) is 26.2 Å². The number of aryl methyl sites for hydroxylation is 1. The van der Waals surface area contributed by atoms with Gasteiger partial charge >= 0.3 is 6.18 Å². The molecule has 0 atom stereocenters. The summed E-state index contributed by atoms with van der Waals surface area (Å²) < 4.78 is 38.4. The van der Waals surface area contributed by atoms with Gasteiger partial charge in [-0.1, -0.05) is 29.8 Å². The van der Waals surface area contributed by atoms with Crippen LogP contribution in [-0.2, 0) is 12.7 Å². The summed E-state index contributed by atoms with van der Waals surface area (Å²) in [5.74, 6) is -1.23. The number of amides is 1. The van der Waals surface area contributed by atoms with Gasteiger partial charge in [0.25, 0.3) is 5.91 Å². The third kappa shape index (κ3) is 4.27. The molecule has 1 N–H and O–H groups in total. The van der Waals surface area contributed by atoms with Gasteiger partial charge in [-0.25, -0.2) is 4.98 Å². The fourth-order valence-electron chi connectivity index (χ4n) is 3.52. The van der Waals surface area contributed by atoms with Crippen molar-refractivity contribution in [3.05, 3.63) is 65.0 Å². The number of rotatable bonds is 3. The summed E-state index contributed by atoms with van der Waals surface area (Å²) in [6.07, 6.45) is -4.54. The van der Waals surface area contributed by atoms with E-state index >= 15 is 0 Å². The maximum absolute atomic E-state index is 12.8. The second-order valence-corrected chi connectivity index (χ2v) is 7.37. The van der Waals surface area contributed by atoms with E-state index in [1.807, 2.05) is 0 Å². The second kappa shape index (κ2) is 7.51. The van der Waals surface area contributed by atoms with Gasteiger partial charge in [-0.3, -0.25) is 9.69 Å².